The van der Waals surface area contributed by atoms with Crippen molar-refractivity contribution < 1.29 is 0 Å². The van der Waals surface area contributed by atoms with Crippen LogP contribution in [0.15, 0.2) is 6.20 Å². The molecule has 0 aliphatic heterocycles. The van der Waals surface area contributed by atoms with Gasteiger partial charge in [-0.15, -0.1) is 5.10 Å². The van der Waals surface area contributed by atoms with Gasteiger partial charge in [-0.2, -0.15) is 11.8 Å². The largest absolute Gasteiger partial charge is 0.359 e. The monoisotopic (exact) mass is 228 g/mol. The minimum atomic E-state index is 0.946. The standard InChI is InChI=1S/C8H12N4S2/c1-6-5-12-8(10-6)14-7(11-12)9-3-4-13-2/h5H,3-4H2,1-2H3,(H,9,11). The average molecular weight is 228 g/mol. The van der Waals surface area contributed by atoms with Gasteiger partial charge in [-0.1, -0.05) is 11.3 Å². The van der Waals surface area contributed by atoms with E-state index in [2.05, 4.69) is 21.7 Å². The Bertz CT molecular complexity index is 388. The number of aryl methyl sites for hydroxylation is 1. The molecule has 0 amide bonds. The van der Waals surface area contributed by atoms with Gasteiger partial charge in [-0.05, 0) is 13.2 Å². The number of aromatic nitrogens is 3. The fraction of sp³-hybridized carbons (Fsp3) is 0.500. The smallest absolute Gasteiger partial charge is 0.214 e. The molecule has 0 unspecified atom stereocenters. The minimum absolute atomic E-state index is 0.946. The summed E-state index contributed by atoms with van der Waals surface area (Å²) in [5, 5.41) is 8.57. The first kappa shape index (κ1) is 9.79. The average Bonchev–Trinajstić information content (AvgIpc) is 2.61. The van der Waals surface area contributed by atoms with Crippen LogP contribution in [0.5, 0.6) is 0 Å². The van der Waals surface area contributed by atoms with Gasteiger partial charge >= 0.3 is 0 Å². The first-order chi connectivity index (χ1) is 6.79. The third-order valence-corrected chi connectivity index (χ3v) is 3.24. The second-order valence-corrected chi connectivity index (χ2v) is 4.88. The van der Waals surface area contributed by atoms with Gasteiger partial charge in [-0.25, -0.2) is 9.50 Å². The van der Waals surface area contributed by atoms with E-state index in [9.17, 15) is 0 Å². The molecule has 0 saturated carbocycles. The van der Waals surface area contributed by atoms with E-state index in [1.165, 1.54) is 0 Å². The number of nitrogens with zero attached hydrogens (tertiary/aromatic N) is 3. The van der Waals surface area contributed by atoms with Crippen molar-refractivity contribution in [2.75, 3.05) is 23.9 Å². The maximum Gasteiger partial charge on any atom is 0.214 e. The molecule has 0 fully saturated rings. The highest BCUT2D eigenvalue weighted by Crippen LogP contribution is 2.18. The Morgan fingerprint density at radius 2 is 2.50 bits per heavy atom. The lowest BCUT2D eigenvalue weighted by Crippen LogP contribution is -2.03. The molecule has 76 valence electrons. The molecular formula is C8H12N4S2. The van der Waals surface area contributed by atoms with E-state index in [0.29, 0.717) is 0 Å². The van der Waals surface area contributed by atoms with Crippen LogP contribution in [0, 0.1) is 6.92 Å². The Kier molecular flexibility index (Phi) is 2.93. The van der Waals surface area contributed by atoms with E-state index >= 15 is 0 Å². The molecule has 0 saturated heterocycles. The number of hydrogen-bond acceptors (Lipinski definition) is 5. The Hall–Kier alpha value is -0.750. The fourth-order valence-electron chi connectivity index (χ4n) is 1.14. The third kappa shape index (κ3) is 2.01. The zero-order chi connectivity index (χ0) is 9.97. The van der Waals surface area contributed by atoms with Gasteiger partial charge in [0.05, 0.1) is 11.9 Å². The Morgan fingerprint density at radius 1 is 1.64 bits per heavy atom. The summed E-state index contributed by atoms with van der Waals surface area (Å²) in [5.74, 6) is 1.10. The zero-order valence-corrected chi connectivity index (χ0v) is 9.78. The molecule has 0 aliphatic carbocycles. The van der Waals surface area contributed by atoms with Crippen LogP contribution in [-0.4, -0.2) is 33.2 Å². The Balaban J connectivity index is 2.08. The van der Waals surface area contributed by atoms with Crippen LogP contribution in [0.4, 0.5) is 5.13 Å². The molecule has 0 radical (unpaired) electrons. The van der Waals surface area contributed by atoms with Gasteiger partial charge in [0.1, 0.15) is 0 Å². The number of rotatable bonds is 4. The molecule has 0 bridgehead atoms. The highest BCUT2D eigenvalue weighted by Gasteiger charge is 2.04. The van der Waals surface area contributed by atoms with Crippen LogP contribution in [0.1, 0.15) is 5.69 Å². The summed E-state index contributed by atoms with van der Waals surface area (Å²) in [6.45, 7) is 2.93. The summed E-state index contributed by atoms with van der Waals surface area (Å²) in [6, 6.07) is 0. The van der Waals surface area contributed by atoms with E-state index in [1.54, 1.807) is 11.3 Å². The lowest BCUT2D eigenvalue weighted by Gasteiger charge is -1.97. The molecule has 2 aromatic rings. The molecule has 2 heterocycles. The first-order valence-corrected chi connectivity index (χ1v) is 6.56. The number of fused-ring (bicyclic) bond motifs is 1. The molecule has 2 aromatic heterocycles. The second kappa shape index (κ2) is 4.18. The molecule has 0 aliphatic rings. The first-order valence-electron chi connectivity index (χ1n) is 4.35. The number of thioether (sulfide) groups is 1. The predicted molar refractivity (Wildman–Crippen MR) is 62.5 cm³/mol. The molecule has 2 rings (SSSR count). The summed E-state index contributed by atoms with van der Waals surface area (Å²) in [4.78, 5) is 5.29. The Labute approximate surface area is 90.7 Å². The molecular weight excluding hydrogens is 216 g/mol. The van der Waals surface area contributed by atoms with Crippen LogP contribution < -0.4 is 5.32 Å². The summed E-state index contributed by atoms with van der Waals surface area (Å²) in [6.07, 6.45) is 4.03. The van der Waals surface area contributed by atoms with Gasteiger partial charge in [0.15, 0.2) is 0 Å². The number of hydrogen-bond donors (Lipinski definition) is 1. The zero-order valence-electron chi connectivity index (χ0n) is 8.15. The van der Waals surface area contributed by atoms with Crippen molar-refractivity contribution in [3.8, 4) is 0 Å². The molecule has 4 nitrogen and oxygen atoms in total. The SMILES string of the molecule is CSCCNc1nn2cc(C)nc2s1. The number of imidazole rings is 1. The van der Waals surface area contributed by atoms with E-state index in [0.717, 1.165) is 28.1 Å². The van der Waals surface area contributed by atoms with E-state index in [-0.39, 0.29) is 0 Å². The second-order valence-electron chi connectivity index (χ2n) is 2.94. The van der Waals surface area contributed by atoms with Crippen molar-refractivity contribution >= 4 is 33.2 Å². The van der Waals surface area contributed by atoms with Gasteiger partial charge in [0.25, 0.3) is 0 Å². The summed E-state index contributed by atoms with van der Waals surface area (Å²) in [5.41, 5.74) is 1.01. The Morgan fingerprint density at radius 3 is 3.21 bits per heavy atom. The molecule has 0 aromatic carbocycles. The van der Waals surface area contributed by atoms with Crippen LogP contribution >= 0.6 is 23.1 Å². The van der Waals surface area contributed by atoms with E-state index in [1.807, 2.05) is 29.4 Å². The molecule has 6 heteroatoms. The van der Waals surface area contributed by atoms with Crippen LogP contribution in [0.2, 0.25) is 0 Å². The van der Waals surface area contributed by atoms with Crippen molar-refractivity contribution in [3.63, 3.8) is 0 Å². The quantitative estimate of drug-likeness (QED) is 0.811. The van der Waals surface area contributed by atoms with Crippen molar-refractivity contribution in [2.24, 2.45) is 0 Å². The van der Waals surface area contributed by atoms with Gasteiger partial charge in [-0.3, -0.25) is 0 Å². The van der Waals surface area contributed by atoms with Crippen LogP contribution in [0.3, 0.4) is 0 Å². The van der Waals surface area contributed by atoms with Gasteiger partial charge in [0, 0.05) is 12.3 Å². The van der Waals surface area contributed by atoms with Gasteiger partial charge < -0.3 is 5.32 Å². The summed E-state index contributed by atoms with van der Waals surface area (Å²) in [7, 11) is 0. The number of anilines is 1. The van der Waals surface area contributed by atoms with E-state index < -0.39 is 0 Å². The summed E-state index contributed by atoms with van der Waals surface area (Å²) >= 11 is 3.41. The highest BCUT2D eigenvalue weighted by molar-refractivity contribution is 7.98. The molecule has 14 heavy (non-hydrogen) atoms. The van der Waals surface area contributed by atoms with Gasteiger partial charge in [0.2, 0.25) is 10.1 Å². The third-order valence-electron chi connectivity index (χ3n) is 1.75. The molecule has 1 N–H and O–H groups in total. The van der Waals surface area contributed by atoms with Crippen LogP contribution in [-0.2, 0) is 0 Å². The topological polar surface area (TPSA) is 42.2 Å². The van der Waals surface area contributed by atoms with E-state index in [4.69, 9.17) is 0 Å². The molecule has 0 spiro atoms. The normalized spacial score (nSPS) is 11.0. The lowest BCUT2D eigenvalue weighted by molar-refractivity contribution is 0.965. The number of nitrogens with one attached hydrogen (secondary N) is 1. The van der Waals surface area contributed by atoms with Crippen LogP contribution in [0.25, 0.3) is 4.96 Å². The van der Waals surface area contributed by atoms with Crippen molar-refractivity contribution in [1.29, 1.82) is 0 Å². The van der Waals surface area contributed by atoms with Crippen molar-refractivity contribution in [1.82, 2.24) is 14.6 Å². The maximum absolute atomic E-state index is 4.36. The molecule has 0 atom stereocenters. The fourth-order valence-corrected chi connectivity index (χ4v) is 2.30. The highest BCUT2D eigenvalue weighted by atomic mass is 32.2. The van der Waals surface area contributed by atoms with Crippen molar-refractivity contribution in [2.45, 2.75) is 6.92 Å². The van der Waals surface area contributed by atoms with Crippen molar-refractivity contribution in [3.05, 3.63) is 11.9 Å². The lowest BCUT2D eigenvalue weighted by atomic mass is 10.6. The summed E-state index contributed by atoms with van der Waals surface area (Å²) < 4.78 is 1.82. The maximum atomic E-state index is 4.36. The predicted octanol–water partition coefficient (Wildman–Crippen LogP) is 1.87. The minimum Gasteiger partial charge on any atom is -0.359 e.